The first-order chi connectivity index (χ1) is 28.8. The van der Waals surface area contributed by atoms with Crippen LogP contribution in [0, 0.1) is 0 Å². The van der Waals surface area contributed by atoms with Crippen molar-refractivity contribution < 1.29 is 0 Å². The van der Waals surface area contributed by atoms with Crippen molar-refractivity contribution in [1.82, 2.24) is 19.5 Å². The number of hydrogen-bond donors (Lipinski definition) is 0. The molecule has 8 aromatic carbocycles. The van der Waals surface area contributed by atoms with Crippen molar-refractivity contribution in [3.8, 4) is 50.8 Å². The Hall–Kier alpha value is -7.47. The summed E-state index contributed by atoms with van der Waals surface area (Å²) >= 11 is 1.82. The molecule has 5 heteroatoms. The third-order valence-corrected chi connectivity index (χ3v) is 12.6. The van der Waals surface area contributed by atoms with Crippen LogP contribution in [-0.4, -0.2) is 19.5 Å². The molecule has 0 saturated heterocycles. The predicted molar refractivity (Wildman–Crippen MR) is 244 cm³/mol. The van der Waals surface area contributed by atoms with E-state index in [0.717, 1.165) is 66.7 Å². The molecule has 0 atom stereocenters. The Balaban J connectivity index is 1.03. The Morgan fingerprint density at radius 3 is 1.66 bits per heavy atom. The molecule has 12 aromatic rings. The number of fused-ring (bicyclic) bond motifs is 9. The normalized spacial score (nSPS) is 11.8. The van der Waals surface area contributed by atoms with Crippen LogP contribution < -0.4 is 0 Å². The van der Waals surface area contributed by atoms with Gasteiger partial charge in [0.15, 0.2) is 5.82 Å². The zero-order valence-corrected chi connectivity index (χ0v) is 32.0. The van der Waals surface area contributed by atoms with Crippen LogP contribution in [0.1, 0.15) is 0 Å². The fraction of sp³-hybridized carbons (Fsp3) is 0. The maximum absolute atomic E-state index is 5.46. The van der Waals surface area contributed by atoms with Crippen LogP contribution in [0.5, 0.6) is 0 Å². The predicted octanol–water partition coefficient (Wildman–Crippen LogP) is 14.3. The minimum Gasteiger partial charge on any atom is -0.309 e. The summed E-state index contributed by atoms with van der Waals surface area (Å²) in [6, 6.07) is 68.8. The van der Waals surface area contributed by atoms with Gasteiger partial charge in [-0.15, -0.1) is 11.3 Å². The lowest BCUT2D eigenvalue weighted by atomic mass is 9.93. The van der Waals surface area contributed by atoms with Gasteiger partial charge in [-0.1, -0.05) is 146 Å². The molecule has 270 valence electrons. The van der Waals surface area contributed by atoms with E-state index < -0.39 is 0 Å². The second kappa shape index (κ2) is 13.1. The van der Waals surface area contributed by atoms with E-state index in [1.165, 1.54) is 42.0 Å². The molecule has 4 nitrogen and oxygen atoms in total. The molecule has 12 rings (SSSR count). The summed E-state index contributed by atoms with van der Waals surface area (Å²) in [5, 5.41) is 8.32. The van der Waals surface area contributed by atoms with E-state index in [4.69, 9.17) is 15.0 Å². The van der Waals surface area contributed by atoms with Crippen molar-refractivity contribution in [2.24, 2.45) is 0 Å². The summed E-state index contributed by atoms with van der Waals surface area (Å²) < 4.78 is 4.82. The third-order valence-electron chi connectivity index (χ3n) is 11.4. The molecular formula is C53H32N4S. The highest BCUT2D eigenvalue weighted by molar-refractivity contribution is 7.26. The van der Waals surface area contributed by atoms with Gasteiger partial charge in [-0.3, -0.25) is 0 Å². The summed E-state index contributed by atoms with van der Waals surface area (Å²) in [4.78, 5) is 16.0. The first-order valence-electron chi connectivity index (χ1n) is 19.5. The summed E-state index contributed by atoms with van der Waals surface area (Å²) in [6.45, 7) is 0. The molecule has 4 heterocycles. The number of thiophene rings is 1. The van der Waals surface area contributed by atoms with Gasteiger partial charge < -0.3 is 4.57 Å². The topological polar surface area (TPSA) is 43.6 Å². The van der Waals surface area contributed by atoms with Gasteiger partial charge in [0.05, 0.1) is 38.3 Å². The minimum absolute atomic E-state index is 0.681. The Labute approximate surface area is 338 Å². The van der Waals surface area contributed by atoms with E-state index >= 15 is 0 Å². The minimum atomic E-state index is 0.681. The number of aromatic nitrogens is 4. The lowest BCUT2D eigenvalue weighted by Gasteiger charge is -2.15. The van der Waals surface area contributed by atoms with E-state index in [9.17, 15) is 0 Å². The number of para-hydroxylation sites is 2. The zero-order valence-electron chi connectivity index (χ0n) is 31.2. The Bertz CT molecular complexity index is 3510. The van der Waals surface area contributed by atoms with Gasteiger partial charge in [-0.25, -0.2) is 15.0 Å². The summed E-state index contributed by atoms with van der Waals surface area (Å²) in [6.07, 6.45) is 0. The van der Waals surface area contributed by atoms with Gasteiger partial charge in [0.1, 0.15) is 0 Å². The first kappa shape index (κ1) is 32.7. The molecule has 0 bridgehead atoms. The third kappa shape index (κ3) is 5.11. The molecular weight excluding hydrogens is 725 g/mol. The van der Waals surface area contributed by atoms with Gasteiger partial charge in [0.2, 0.25) is 0 Å². The number of benzene rings is 8. The molecule has 0 saturated carbocycles. The molecule has 0 amide bonds. The smallest absolute Gasteiger partial charge is 0.160 e. The highest BCUT2D eigenvalue weighted by atomic mass is 32.1. The Morgan fingerprint density at radius 1 is 0.379 bits per heavy atom. The van der Waals surface area contributed by atoms with Crippen molar-refractivity contribution in [2.45, 2.75) is 0 Å². The van der Waals surface area contributed by atoms with E-state index in [1.54, 1.807) is 0 Å². The molecule has 58 heavy (non-hydrogen) atoms. The van der Waals surface area contributed by atoms with Crippen molar-refractivity contribution in [3.05, 3.63) is 194 Å². The fourth-order valence-electron chi connectivity index (χ4n) is 8.75. The molecule has 4 aromatic heterocycles. The fourth-order valence-corrected chi connectivity index (χ4v) is 9.93. The second-order valence-electron chi connectivity index (χ2n) is 14.7. The van der Waals surface area contributed by atoms with E-state index in [0.29, 0.717) is 5.82 Å². The van der Waals surface area contributed by atoms with E-state index in [-0.39, 0.29) is 0 Å². The number of rotatable bonds is 5. The van der Waals surface area contributed by atoms with Crippen molar-refractivity contribution in [1.29, 1.82) is 0 Å². The molecule has 0 aliphatic heterocycles. The molecule has 0 N–H and O–H groups in total. The molecule has 0 fully saturated rings. The molecule has 0 unspecified atom stereocenters. The van der Waals surface area contributed by atoms with Gasteiger partial charge in [0, 0.05) is 59.6 Å². The number of nitrogens with zero attached hydrogens (tertiary/aromatic N) is 4. The Morgan fingerprint density at radius 2 is 0.931 bits per heavy atom. The summed E-state index contributed by atoms with van der Waals surface area (Å²) in [7, 11) is 0. The van der Waals surface area contributed by atoms with Crippen molar-refractivity contribution >= 4 is 75.0 Å². The zero-order chi connectivity index (χ0) is 38.2. The lowest BCUT2D eigenvalue weighted by Crippen LogP contribution is -1.98. The molecule has 0 aliphatic rings. The van der Waals surface area contributed by atoms with Crippen LogP contribution in [0.15, 0.2) is 194 Å². The highest BCUT2D eigenvalue weighted by Crippen LogP contribution is 2.43. The van der Waals surface area contributed by atoms with Crippen molar-refractivity contribution in [3.63, 3.8) is 0 Å². The van der Waals surface area contributed by atoms with Crippen LogP contribution in [0.2, 0.25) is 0 Å². The number of pyridine rings is 1. The molecule has 0 radical (unpaired) electrons. The summed E-state index contributed by atoms with van der Waals surface area (Å²) in [5.41, 5.74) is 11.4. The highest BCUT2D eigenvalue weighted by Gasteiger charge is 2.19. The maximum Gasteiger partial charge on any atom is 0.160 e. The molecule has 0 spiro atoms. The van der Waals surface area contributed by atoms with Gasteiger partial charge in [-0.2, -0.15) is 0 Å². The molecule has 0 aliphatic carbocycles. The van der Waals surface area contributed by atoms with Gasteiger partial charge >= 0.3 is 0 Å². The average molecular weight is 757 g/mol. The quantitative estimate of drug-likeness (QED) is 0.176. The van der Waals surface area contributed by atoms with Crippen LogP contribution in [0.4, 0.5) is 0 Å². The van der Waals surface area contributed by atoms with Crippen LogP contribution in [-0.2, 0) is 0 Å². The number of hydrogen-bond acceptors (Lipinski definition) is 4. The van der Waals surface area contributed by atoms with Gasteiger partial charge in [-0.05, 0) is 59.3 Å². The summed E-state index contributed by atoms with van der Waals surface area (Å²) in [5.74, 6) is 0.681. The van der Waals surface area contributed by atoms with Crippen LogP contribution in [0.3, 0.4) is 0 Å². The monoisotopic (exact) mass is 756 g/mol. The average Bonchev–Trinajstić information content (AvgIpc) is 3.85. The van der Waals surface area contributed by atoms with E-state index in [2.05, 4.69) is 193 Å². The van der Waals surface area contributed by atoms with Crippen molar-refractivity contribution in [2.75, 3.05) is 0 Å². The van der Waals surface area contributed by atoms with Gasteiger partial charge in [0.25, 0.3) is 0 Å². The lowest BCUT2D eigenvalue weighted by molar-refractivity contribution is 1.16. The Kier molecular flexibility index (Phi) is 7.37. The standard InChI is InChI=1S/C53H32N4S/c1-2-14-33(15-3-1)45-32-46(55-53(54-45)34-26-28-35(29-27-34)57-47-23-11-8-18-39(47)40-19-9-12-24-48(40)57)38-30-31-42(37-17-5-4-16-36(37)38)50-41-20-6-7-21-43(41)52-51(56-50)44-22-10-13-25-49(44)58-52/h1-32H. The van der Waals surface area contributed by atoms with Crippen LogP contribution >= 0.6 is 11.3 Å². The maximum atomic E-state index is 5.46. The van der Waals surface area contributed by atoms with E-state index in [1.807, 2.05) is 17.4 Å². The SMILES string of the molecule is c1ccc(-c2cc(-c3ccc(-c4nc5c6ccccc6sc5c5ccccc45)c4ccccc34)nc(-c3ccc(-n4c5ccccc5c5ccccc54)cc3)n2)cc1. The first-order valence-corrected chi connectivity index (χ1v) is 20.3. The largest absolute Gasteiger partial charge is 0.309 e. The van der Waals surface area contributed by atoms with Crippen LogP contribution in [0.25, 0.3) is 115 Å². The second-order valence-corrected chi connectivity index (χ2v) is 15.8.